The predicted molar refractivity (Wildman–Crippen MR) is 83.3 cm³/mol. The van der Waals surface area contributed by atoms with Gasteiger partial charge in [0.05, 0.1) is 11.3 Å². The van der Waals surface area contributed by atoms with Crippen molar-refractivity contribution >= 4 is 33.4 Å². The number of rotatable bonds is 4. The highest BCUT2D eigenvalue weighted by Crippen LogP contribution is 2.25. The Kier molecular flexibility index (Phi) is 4.42. The average molecular weight is 352 g/mol. The summed E-state index contributed by atoms with van der Waals surface area (Å²) in [6.45, 7) is 3.81. The van der Waals surface area contributed by atoms with Gasteiger partial charge in [0.15, 0.2) is 5.82 Å². The first-order chi connectivity index (χ1) is 9.90. The Labute approximate surface area is 129 Å². The van der Waals surface area contributed by atoms with E-state index in [4.69, 9.17) is 5.11 Å². The molecule has 0 fully saturated rings. The molecule has 0 atom stereocenters. The van der Waals surface area contributed by atoms with Crippen LogP contribution in [0.25, 0.3) is 0 Å². The molecule has 0 saturated heterocycles. The number of nitrogens with one attached hydrogen (secondary N) is 1. The highest BCUT2D eigenvalue weighted by molar-refractivity contribution is 9.10. The van der Waals surface area contributed by atoms with Crippen LogP contribution in [0.15, 0.2) is 39.9 Å². The first-order valence-electron chi connectivity index (χ1n) is 6.27. The van der Waals surface area contributed by atoms with Crippen molar-refractivity contribution in [3.8, 4) is 0 Å². The maximum atomic E-state index is 12.2. The van der Waals surface area contributed by atoms with Crippen LogP contribution in [0, 0.1) is 0 Å². The lowest BCUT2D eigenvalue weighted by Gasteiger charge is -2.12. The lowest BCUT2D eigenvalue weighted by Crippen LogP contribution is -2.24. The summed E-state index contributed by atoms with van der Waals surface area (Å²) in [5.74, 6) is -0.822. The van der Waals surface area contributed by atoms with Crippen LogP contribution in [0.3, 0.4) is 0 Å². The van der Waals surface area contributed by atoms with Crippen molar-refractivity contribution in [2.75, 3.05) is 5.32 Å². The molecule has 2 N–H and O–H groups in total. The van der Waals surface area contributed by atoms with Gasteiger partial charge in [-0.15, -0.1) is 0 Å². The number of anilines is 2. The van der Waals surface area contributed by atoms with Crippen LogP contribution in [-0.2, 0) is 0 Å². The summed E-state index contributed by atoms with van der Waals surface area (Å²) in [6.07, 6.45) is 3.17. The van der Waals surface area contributed by atoms with Crippen LogP contribution in [0.4, 0.5) is 11.5 Å². The fourth-order valence-corrected chi connectivity index (χ4v) is 2.27. The van der Waals surface area contributed by atoms with E-state index in [0.717, 1.165) is 0 Å². The Morgan fingerprint density at radius 1 is 1.43 bits per heavy atom. The van der Waals surface area contributed by atoms with E-state index in [0.29, 0.717) is 10.2 Å². The van der Waals surface area contributed by atoms with Crippen LogP contribution >= 0.6 is 15.9 Å². The van der Waals surface area contributed by atoms with Gasteiger partial charge in [-0.1, -0.05) is 0 Å². The molecule has 1 heterocycles. The number of aromatic nitrogens is 2. The third-order valence-corrected chi connectivity index (χ3v) is 3.55. The van der Waals surface area contributed by atoms with Gasteiger partial charge in [-0.3, -0.25) is 4.79 Å². The van der Waals surface area contributed by atoms with Crippen LogP contribution in [0.1, 0.15) is 30.2 Å². The second kappa shape index (κ2) is 6.09. The summed E-state index contributed by atoms with van der Waals surface area (Å²) in [5, 5.41) is 11.8. The van der Waals surface area contributed by atoms with E-state index in [1.54, 1.807) is 23.0 Å². The predicted octanol–water partition coefficient (Wildman–Crippen LogP) is 3.03. The molecule has 6 nitrogen and oxygen atoms in total. The SMILES string of the molecule is CC(C)n1ccnc(Nc2ccc(C(=O)O)cc2Br)c1=O. The number of nitrogens with zero attached hydrogens (tertiary/aromatic N) is 2. The van der Waals surface area contributed by atoms with E-state index in [-0.39, 0.29) is 23.0 Å². The van der Waals surface area contributed by atoms with Crippen molar-refractivity contribution in [2.24, 2.45) is 0 Å². The summed E-state index contributed by atoms with van der Waals surface area (Å²) >= 11 is 3.28. The van der Waals surface area contributed by atoms with Crippen LogP contribution in [-0.4, -0.2) is 20.6 Å². The number of aromatic carboxylic acids is 1. The maximum absolute atomic E-state index is 12.2. The number of hydrogen-bond donors (Lipinski definition) is 2. The van der Waals surface area contributed by atoms with Crippen molar-refractivity contribution in [3.05, 3.63) is 51.0 Å². The largest absolute Gasteiger partial charge is 0.478 e. The topological polar surface area (TPSA) is 84.2 Å². The number of carboxylic acids is 1. The van der Waals surface area contributed by atoms with Gasteiger partial charge in [-0.2, -0.15) is 0 Å². The minimum absolute atomic E-state index is 0.0267. The van der Waals surface area contributed by atoms with Crippen molar-refractivity contribution in [1.29, 1.82) is 0 Å². The molecule has 1 aromatic carbocycles. The molecule has 7 heteroatoms. The van der Waals surface area contributed by atoms with Gasteiger partial charge in [0.1, 0.15) is 0 Å². The normalized spacial score (nSPS) is 10.7. The first kappa shape index (κ1) is 15.2. The first-order valence-corrected chi connectivity index (χ1v) is 7.06. The molecular weight excluding hydrogens is 338 g/mol. The molecule has 2 rings (SSSR count). The van der Waals surface area contributed by atoms with Crippen molar-refractivity contribution in [1.82, 2.24) is 9.55 Å². The second-order valence-electron chi connectivity index (χ2n) is 4.71. The standard InChI is InChI=1S/C14H14BrN3O3/c1-8(2)18-6-5-16-12(13(18)19)17-11-4-3-9(14(20)21)7-10(11)15/h3-8H,1-2H3,(H,16,17)(H,20,21). The quantitative estimate of drug-likeness (QED) is 0.884. The summed E-state index contributed by atoms with van der Waals surface area (Å²) in [5.41, 5.74) is 0.501. The molecule has 0 bridgehead atoms. The van der Waals surface area contributed by atoms with E-state index in [1.807, 2.05) is 13.8 Å². The molecule has 0 aliphatic rings. The fourth-order valence-electron chi connectivity index (χ4n) is 1.79. The monoisotopic (exact) mass is 351 g/mol. The average Bonchev–Trinajstić information content (AvgIpc) is 2.42. The molecule has 1 aromatic heterocycles. The van der Waals surface area contributed by atoms with Crippen molar-refractivity contribution < 1.29 is 9.90 Å². The molecule has 0 aliphatic heterocycles. The molecule has 21 heavy (non-hydrogen) atoms. The minimum Gasteiger partial charge on any atom is -0.478 e. The third kappa shape index (κ3) is 3.30. The lowest BCUT2D eigenvalue weighted by molar-refractivity contribution is 0.0697. The fraction of sp³-hybridized carbons (Fsp3) is 0.214. The molecular formula is C14H14BrN3O3. The molecule has 0 saturated carbocycles. The van der Waals surface area contributed by atoms with E-state index in [9.17, 15) is 9.59 Å². The van der Waals surface area contributed by atoms with E-state index < -0.39 is 5.97 Å². The van der Waals surface area contributed by atoms with E-state index in [1.165, 1.54) is 12.1 Å². The Bertz CT molecular complexity index is 740. The number of halogens is 1. The molecule has 110 valence electrons. The van der Waals surface area contributed by atoms with E-state index in [2.05, 4.69) is 26.2 Å². The number of carbonyl (C=O) groups is 1. The molecule has 2 aromatic rings. The minimum atomic E-state index is -1.01. The highest BCUT2D eigenvalue weighted by Gasteiger charge is 2.11. The zero-order valence-corrected chi connectivity index (χ0v) is 13.1. The number of carboxylic acid groups (broad SMARTS) is 1. The Morgan fingerprint density at radius 3 is 2.71 bits per heavy atom. The summed E-state index contributed by atoms with van der Waals surface area (Å²) < 4.78 is 2.11. The van der Waals surface area contributed by atoms with Gasteiger partial charge < -0.3 is 15.0 Å². The molecule has 0 spiro atoms. The Balaban J connectivity index is 2.37. The summed E-state index contributed by atoms with van der Waals surface area (Å²) in [4.78, 5) is 27.2. The van der Waals surface area contributed by atoms with Gasteiger partial charge in [-0.25, -0.2) is 9.78 Å². The highest BCUT2D eigenvalue weighted by atomic mass is 79.9. The zero-order chi connectivity index (χ0) is 15.6. The van der Waals surface area contributed by atoms with E-state index >= 15 is 0 Å². The van der Waals surface area contributed by atoms with Gasteiger partial charge in [-0.05, 0) is 48.0 Å². The Morgan fingerprint density at radius 2 is 2.14 bits per heavy atom. The molecule has 0 aliphatic carbocycles. The van der Waals surface area contributed by atoms with Gasteiger partial charge >= 0.3 is 5.97 Å². The van der Waals surface area contributed by atoms with Gasteiger partial charge in [0.25, 0.3) is 5.56 Å². The lowest BCUT2D eigenvalue weighted by atomic mass is 10.2. The number of hydrogen-bond acceptors (Lipinski definition) is 4. The zero-order valence-electron chi connectivity index (χ0n) is 11.5. The van der Waals surface area contributed by atoms with Crippen molar-refractivity contribution in [3.63, 3.8) is 0 Å². The van der Waals surface area contributed by atoms with Crippen LogP contribution in [0.5, 0.6) is 0 Å². The third-order valence-electron chi connectivity index (χ3n) is 2.89. The van der Waals surface area contributed by atoms with Crippen LogP contribution in [0.2, 0.25) is 0 Å². The Hall–Kier alpha value is -2.15. The molecule has 0 amide bonds. The van der Waals surface area contributed by atoms with Crippen LogP contribution < -0.4 is 10.9 Å². The van der Waals surface area contributed by atoms with Gasteiger partial charge in [0.2, 0.25) is 0 Å². The molecule has 0 unspecified atom stereocenters. The maximum Gasteiger partial charge on any atom is 0.335 e. The summed E-state index contributed by atoms with van der Waals surface area (Å²) in [7, 11) is 0. The van der Waals surface area contributed by atoms with Gasteiger partial charge in [0, 0.05) is 22.9 Å². The van der Waals surface area contributed by atoms with Crippen molar-refractivity contribution in [2.45, 2.75) is 19.9 Å². The smallest absolute Gasteiger partial charge is 0.335 e. The molecule has 0 radical (unpaired) electrons. The second-order valence-corrected chi connectivity index (χ2v) is 5.56. The number of benzene rings is 1. The summed E-state index contributed by atoms with van der Waals surface area (Å²) in [6, 6.07) is 4.54.